The van der Waals surface area contributed by atoms with Crippen molar-refractivity contribution in [1.82, 2.24) is 0 Å². The summed E-state index contributed by atoms with van der Waals surface area (Å²) in [6, 6.07) is 15.0. The third-order valence-corrected chi connectivity index (χ3v) is 4.29. The van der Waals surface area contributed by atoms with E-state index in [1.165, 1.54) is 18.2 Å². The quantitative estimate of drug-likeness (QED) is 0.398. The molecule has 0 radical (unpaired) electrons. The third-order valence-electron chi connectivity index (χ3n) is 4.29. The minimum Gasteiger partial charge on any atom is -0.459 e. The van der Waals surface area contributed by atoms with Crippen LogP contribution < -0.4 is 4.74 Å². The lowest BCUT2D eigenvalue weighted by Gasteiger charge is -2.10. The Labute approximate surface area is 173 Å². The van der Waals surface area contributed by atoms with Crippen molar-refractivity contribution in [3.63, 3.8) is 0 Å². The number of hydrogen-bond acceptors (Lipinski definition) is 4. The summed E-state index contributed by atoms with van der Waals surface area (Å²) in [4.78, 5) is 24.2. The minimum atomic E-state index is -0.972. The molecule has 3 aromatic rings. The molecule has 0 spiro atoms. The Hall–Kier alpha value is -3.54. The van der Waals surface area contributed by atoms with Gasteiger partial charge in [-0.15, -0.1) is 0 Å². The van der Waals surface area contributed by atoms with Crippen molar-refractivity contribution in [2.45, 2.75) is 26.9 Å². The average molecular weight is 410 g/mol. The number of benzene rings is 3. The Morgan fingerprint density at radius 3 is 1.93 bits per heavy atom. The zero-order chi connectivity index (χ0) is 21.8. The Morgan fingerprint density at radius 2 is 1.33 bits per heavy atom. The number of esters is 2. The number of halogens is 2. The molecule has 154 valence electrons. The molecule has 0 bridgehead atoms. The van der Waals surface area contributed by atoms with E-state index >= 15 is 0 Å². The predicted molar refractivity (Wildman–Crippen MR) is 108 cm³/mol. The normalized spacial score (nSPS) is 10.7. The Balaban J connectivity index is 1.76. The van der Waals surface area contributed by atoms with Crippen LogP contribution in [0.2, 0.25) is 0 Å². The van der Waals surface area contributed by atoms with Crippen LogP contribution in [0.4, 0.5) is 8.78 Å². The molecule has 0 saturated carbocycles. The fraction of sp³-hybridized carbons (Fsp3) is 0.167. The van der Waals surface area contributed by atoms with Gasteiger partial charge in [0, 0.05) is 6.07 Å². The molecule has 3 aromatic carbocycles. The summed E-state index contributed by atoms with van der Waals surface area (Å²) in [6.45, 7) is 5.24. The van der Waals surface area contributed by atoms with Crippen molar-refractivity contribution in [3.8, 4) is 16.9 Å². The van der Waals surface area contributed by atoms with E-state index in [0.29, 0.717) is 5.56 Å². The lowest BCUT2D eigenvalue weighted by atomic mass is 10.0. The van der Waals surface area contributed by atoms with Gasteiger partial charge in [0.25, 0.3) is 0 Å². The molecule has 0 amide bonds. The van der Waals surface area contributed by atoms with Crippen LogP contribution in [0, 0.1) is 18.6 Å². The van der Waals surface area contributed by atoms with E-state index in [2.05, 4.69) is 0 Å². The van der Waals surface area contributed by atoms with Crippen LogP contribution >= 0.6 is 0 Å². The molecule has 4 nitrogen and oxygen atoms in total. The molecule has 0 aromatic heterocycles. The van der Waals surface area contributed by atoms with E-state index < -0.39 is 29.7 Å². The zero-order valence-corrected chi connectivity index (χ0v) is 16.7. The SMILES string of the molecule is Cc1ccc(-c2ccc(C(=O)Oc3ccc(C(=O)OC(C)C)c(F)c3)c(F)c2)cc1. The molecule has 0 atom stereocenters. The second-order valence-corrected chi connectivity index (χ2v) is 7.05. The molecule has 0 saturated heterocycles. The second kappa shape index (κ2) is 8.86. The van der Waals surface area contributed by atoms with Gasteiger partial charge >= 0.3 is 11.9 Å². The van der Waals surface area contributed by atoms with Gasteiger partial charge in [0.2, 0.25) is 0 Å². The van der Waals surface area contributed by atoms with Gasteiger partial charge in [-0.3, -0.25) is 0 Å². The fourth-order valence-electron chi connectivity index (χ4n) is 2.77. The fourth-order valence-corrected chi connectivity index (χ4v) is 2.77. The number of hydrogen-bond donors (Lipinski definition) is 0. The summed E-state index contributed by atoms with van der Waals surface area (Å²) in [5.41, 5.74) is 1.94. The highest BCUT2D eigenvalue weighted by Crippen LogP contribution is 2.24. The molecule has 0 heterocycles. The van der Waals surface area contributed by atoms with E-state index in [1.807, 2.05) is 31.2 Å². The maximum atomic E-state index is 14.5. The summed E-state index contributed by atoms with van der Waals surface area (Å²) in [6.07, 6.45) is -0.403. The van der Waals surface area contributed by atoms with Gasteiger partial charge in [0.15, 0.2) is 0 Å². The van der Waals surface area contributed by atoms with E-state index in [9.17, 15) is 18.4 Å². The highest BCUT2D eigenvalue weighted by atomic mass is 19.1. The first-order valence-corrected chi connectivity index (χ1v) is 9.34. The summed E-state index contributed by atoms with van der Waals surface area (Å²) < 4.78 is 38.7. The van der Waals surface area contributed by atoms with Crippen LogP contribution in [0.15, 0.2) is 60.7 Å². The van der Waals surface area contributed by atoms with Crippen molar-refractivity contribution in [2.75, 3.05) is 0 Å². The minimum absolute atomic E-state index is 0.152. The average Bonchev–Trinajstić information content (AvgIpc) is 2.67. The standard InChI is InChI=1S/C24H20F2O4/c1-14(2)29-23(27)20-11-9-18(13-22(20)26)30-24(28)19-10-8-17(12-21(19)25)16-6-4-15(3)5-7-16/h4-14H,1-3H3. The van der Waals surface area contributed by atoms with Crippen molar-refractivity contribution in [1.29, 1.82) is 0 Å². The summed E-state index contributed by atoms with van der Waals surface area (Å²) in [7, 11) is 0. The molecule has 0 aliphatic heterocycles. The van der Waals surface area contributed by atoms with Crippen molar-refractivity contribution in [3.05, 3.63) is 89.0 Å². The Kier molecular flexibility index (Phi) is 6.26. The highest BCUT2D eigenvalue weighted by Gasteiger charge is 2.19. The van der Waals surface area contributed by atoms with E-state index in [0.717, 1.165) is 23.3 Å². The van der Waals surface area contributed by atoms with Gasteiger partial charge in [-0.2, -0.15) is 0 Å². The first kappa shape index (κ1) is 21.2. The maximum absolute atomic E-state index is 14.5. The number of carbonyl (C=O) groups is 2. The van der Waals surface area contributed by atoms with Crippen LogP contribution in [-0.2, 0) is 4.74 Å². The molecular weight excluding hydrogens is 390 g/mol. The zero-order valence-electron chi connectivity index (χ0n) is 16.7. The summed E-state index contributed by atoms with van der Waals surface area (Å²) in [5.74, 6) is -3.60. The smallest absolute Gasteiger partial charge is 0.346 e. The first-order valence-electron chi connectivity index (χ1n) is 9.34. The van der Waals surface area contributed by atoms with Crippen LogP contribution in [-0.4, -0.2) is 18.0 Å². The van der Waals surface area contributed by atoms with Crippen molar-refractivity contribution in [2.24, 2.45) is 0 Å². The van der Waals surface area contributed by atoms with E-state index in [-0.39, 0.29) is 16.9 Å². The Morgan fingerprint density at radius 1 is 0.767 bits per heavy atom. The molecule has 0 fully saturated rings. The number of carbonyl (C=O) groups excluding carboxylic acids is 2. The molecule has 6 heteroatoms. The van der Waals surface area contributed by atoms with Gasteiger partial charge in [-0.05, 0) is 56.2 Å². The summed E-state index contributed by atoms with van der Waals surface area (Å²) in [5, 5.41) is 0. The van der Waals surface area contributed by atoms with Gasteiger partial charge in [-0.1, -0.05) is 35.9 Å². The Bertz CT molecular complexity index is 1090. The first-order chi connectivity index (χ1) is 14.2. The predicted octanol–water partition coefficient (Wildman–Crippen LogP) is 5.72. The number of ether oxygens (including phenoxy) is 2. The topological polar surface area (TPSA) is 52.6 Å². The van der Waals surface area contributed by atoms with Gasteiger partial charge in [0.05, 0.1) is 17.2 Å². The second-order valence-electron chi connectivity index (χ2n) is 7.05. The van der Waals surface area contributed by atoms with Crippen molar-refractivity contribution < 1.29 is 27.8 Å². The van der Waals surface area contributed by atoms with Crippen LogP contribution in [0.3, 0.4) is 0 Å². The lowest BCUT2D eigenvalue weighted by molar-refractivity contribution is 0.0372. The van der Waals surface area contributed by atoms with Gasteiger partial charge < -0.3 is 9.47 Å². The van der Waals surface area contributed by atoms with E-state index in [4.69, 9.17) is 9.47 Å². The highest BCUT2D eigenvalue weighted by molar-refractivity contribution is 5.93. The monoisotopic (exact) mass is 410 g/mol. The molecule has 0 unspecified atom stereocenters. The van der Waals surface area contributed by atoms with Crippen molar-refractivity contribution >= 4 is 11.9 Å². The molecular formula is C24H20F2O4. The van der Waals surface area contributed by atoms with Gasteiger partial charge in [0.1, 0.15) is 17.4 Å². The molecule has 0 aliphatic rings. The molecule has 3 rings (SSSR count). The largest absolute Gasteiger partial charge is 0.459 e. The van der Waals surface area contributed by atoms with Crippen LogP contribution in [0.25, 0.3) is 11.1 Å². The van der Waals surface area contributed by atoms with Crippen LogP contribution in [0.1, 0.15) is 40.1 Å². The molecule has 30 heavy (non-hydrogen) atoms. The molecule has 0 aliphatic carbocycles. The number of aryl methyl sites for hydroxylation is 1. The van der Waals surface area contributed by atoms with E-state index in [1.54, 1.807) is 19.9 Å². The molecule has 0 N–H and O–H groups in total. The number of rotatable bonds is 5. The third kappa shape index (κ3) is 4.89. The van der Waals surface area contributed by atoms with Gasteiger partial charge in [-0.25, -0.2) is 18.4 Å². The maximum Gasteiger partial charge on any atom is 0.346 e. The lowest BCUT2D eigenvalue weighted by Crippen LogP contribution is -2.14. The summed E-state index contributed by atoms with van der Waals surface area (Å²) >= 11 is 0. The van der Waals surface area contributed by atoms with Crippen LogP contribution in [0.5, 0.6) is 5.75 Å².